The molecule has 0 aliphatic rings. The highest BCUT2D eigenvalue weighted by molar-refractivity contribution is 6.10. The molecule has 2 rings (SSSR count). The predicted molar refractivity (Wildman–Crippen MR) is 71.4 cm³/mol. The number of carboxylic acids is 1. The number of hydrogen-bond acceptors (Lipinski definition) is 3. The van der Waals surface area contributed by atoms with Crippen molar-refractivity contribution >= 4 is 22.5 Å². The zero-order valence-electron chi connectivity index (χ0n) is 10.3. The first kappa shape index (κ1) is 13.1. The van der Waals surface area contributed by atoms with E-state index in [1.54, 1.807) is 18.2 Å². The van der Waals surface area contributed by atoms with E-state index in [0.717, 1.165) is 5.39 Å². The average Bonchev–Trinajstić information content (AvgIpc) is 2.38. The molecular formula is C15H14O4. The maximum absolute atomic E-state index is 12.1. The summed E-state index contributed by atoms with van der Waals surface area (Å²) in [7, 11) is 0. The van der Waals surface area contributed by atoms with Gasteiger partial charge in [-0.15, -0.1) is 0 Å². The Kier molecular flexibility index (Phi) is 3.80. The molecule has 2 aromatic carbocycles. The molecule has 0 unspecified atom stereocenters. The number of ketones is 1. The monoisotopic (exact) mass is 258 g/mol. The van der Waals surface area contributed by atoms with E-state index in [1.165, 1.54) is 6.07 Å². The van der Waals surface area contributed by atoms with Crippen molar-refractivity contribution in [1.82, 2.24) is 0 Å². The van der Waals surface area contributed by atoms with Crippen LogP contribution < -0.4 is 0 Å². The number of rotatable bonds is 5. The number of carbonyl (C=O) groups excluding carboxylic acids is 1. The fourth-order valence-corrected chi connectivity index (χ4v) is 2.08. The van der Waals surface area contributed by atoms with Gasteiger partial charge in [0.1, 0.15) is 5.75 Å². The van der Waals surface area contributed by atoms with Gasteiger partial charge in [-0.3, -0.25) is 9.59 Å². The van der Waals surface area contributed by atoms with Crippen LogP contribution in [-0.4, -0.2) is 22.0 Å². The SMILES string of the molecule is O=C(O)CCCC(=O)c1c(O)ccc2ccccc12. The number of carbonyl (C=O) groups is 2. The van der Waals surface area contributed by atoms with Crippen LogP contribution in [0.5, 0.6) is 5.75 Å². The third-order valence-corrected chi connectivity index (χ3v) is 2.98. The van der Waals surface area contributed by atoms with E-state index in [-0.39, 0.29) is 36.4 Å². The van der Waals surface area contributed by atoms with Gasteiger partial charge in [0.2, 0.25) is 0 Å². The second kappa shape index (κ2) is 5.52. The first-order valence-electron chi connectivity index (χ1n) is 6.05. The molecule has 0 atom stereocenters. The van der Waals surface area contributed by atoms with E-state index in [1.807, 2.05) is 12.1 Å². The van der Waals surface area contributed by atoms with Crippen LogP contribution in [0.1, 0.15) is 29.6 Å². The Morgan fingerprint density at radius 2 is 1.74 bits per heavy atom. The van der Waals surface area contributed by atoms with Crippen molar-refractivity contribution in [3.63, 3.8) is 0 Å². The van der Waals surface area contributed by atoms with Crippen molar-refractivity contribution in [1.29, 1.82) is 0 Å². The highest BCUT2D eigenvalue weighted by Crippen LogP contribution is 2.28. The standard InChI is InChI=1S/C15H14O4/c16-12(6-3-7-14(18)19)15-11-5-2-1-4-10(11)8-9-13(15)17/h1-2,4-5,8-9,17H,3,6-7H2,(H,18,19). The van der Waals surface area contributed by atoms with Crippen molar-refractivity contribution in [2.45, 2.75) is 19.3 Å². The van der Waals surface area contributed by atoms with Crippen molar-refractivity contribution in [2.24, 2.45) is 0 Å². The molecule has 0 spiro atoms. The maximum atomic E-state index is 12.1. The first-order valence-corrected chi connectivity index (χ1v) is 6.05. The Hall–Kier alpha value is -2.36. The molecular weight excluding hydrogens is 244 g/mol. The van der Waals surface area contributed by atoms with Gasteiger partial charge in [-0.1, -0.05) is 30.3 Å². The number of phenolic OH excluding ortho intramolecular Hbond substituents is 1. The summed E-state index contributed by atoms with van der Waals surface area (Å²) >= 11 is 0. The van der Waals surface area contributed by atoms with Crippen LogP contribution in [-0.2, 0) is 4.79 Å². The minimum Gasteiger partial charge on any atom is -0.507 e. The quantitative estimate of drug-likeness (QED) is 0.808. The number of fused-ring (bicyclic) bond motifs is 1. The fourth-order valence-electron chi connectivity index (χ4n) is 2.08. The molecule has 0 saturated carbocycles. The van der Waals surface area contributed by atoms with Crippen molar-refractivity contribution in [3.05, 3.63) is 42.0 Å². The molecule has 2 aromatic rings. The second-order valence-corrected chi connectivity index (χ2v) is 4.35. The number of Topliss-reactive ketones (excluding diaryl/α,β-unsaturated/α-hetero) is 1. The van der Waals surface area contributed by atoms with Crippen LogP contribution in [0.2, 0.25) is 0 Å². The Morgan fingerprint density at radius 1 is 1.00 bits per heavy atom. The number of benzene rings is 2. The average molecular weight is 258 g/mol. The molecule has 0 aliphatic carbocycles. The summed E-state index contributed by atoms with van der Waals surface area (Å²) in [5.41, 5.74) is 0.281. The third-order valence-electron chi connectivity index (χ3n) is 2.98. The van der Waals surface area contributed by atoms with Gasteiger partial charge in [-0.25, -0.2) is 0 Å². The molecule has 0 amide bonds. The van der Waals surface area contributed by atoms with E-state index in [9.17, 15) is 14.7 Å². The molecule has 0 aliphatic heterocycles. The van der Waals surface area contributed by atoms with Gasteiger partial charge in [0.05, 0.1) is 5.56 Å². The number of hydrogen-bond donors (Lipinski definition) is 2. The molecule has 0 saturated heterocycles. The summed E-state index contributed by atoms with van der Waals surface area (Å²) in [5, 5.41) is 20.0. The highest BCUT2D eigenvalue weighted by Gasteiger charge is 2.15. The second-order valence-electron chi connectivity index (χ2n) is 4.35. The van der Waals surface area contributed by atoms with Crippen molar-refractivity contribution < 1.29 is 19.8 Å². The molecule has 2 N–H and O–H groups in total. The maximum Gasteiger partial charge on any atom is 0.303 e. The third kappa shape index (κ3) is 2.91. The minimum absolute atomic E-state index is 0.0444. The molecule has 4 nitrogen and oxygen atoms in total. The van der Waals surface area contributed by atoms with Crippen LogP contribution >= 0.6 is 0 Å². The topological polar surface area (TPSA) is 74.6 Å². The summed E-state index contributed by atoms with van der Waals surface area (Å²) in [6.07, 6.45) is 0.349. The number of aromatic hydroxyl groups is 1. The van der Waals surface area contributed by atoms with Crippen LogP contribution in [0.25, 0.3) is 10.8 Å². The molecule has 0 bridgehead atoms. The molecule has 0 fully saturated rings. The van der Waals surface area contributed by atoms with E-state index >= 15 is 0 Å². The number of aliphatic carboxylic acids is 1. The van der Waals surface area contributed by atoms with Crippen molar-refractivity contribution in [2.75, 3.05) is 0 Å². The Bertz CT molecular complexity index is 631. The number of carboxylic acid groups (broad SMARTS) is 1. The van der Waals surface area contributed by atoms with Gasteiger partial charge in [-0.2, -0.15) is 0 Å². The van der Waals surface area contributed by atoms with Crippen LogP contribution in [0.3, 0.4) is 0 Å². The lowest BCUT2D eigenvalue weighted by molar-refractivity contribution is -0.137. The molecule has 0 radical (unpaired) electrons. The fraction of sp³-hybridized carbons (Fsp3) is 0.200. The lowest BCUT2D eigenvalue weighted by Gasteiger charge is -2.07. The van der Waals surface area contributed by atoms with Crippen molar-refractivity contribution in [3.8, 4) is 5.75 Å². The van der Waals surface area contributed by atoms with E-state index in [2.05, 4.69) is 0 Å². The van der Waals surface area contributed by atoms with E-state index in [0.29, 0.717) is 5.39 Å². The predicted octanol–water partition coefficient (Wildman–Crippen LogP) is 2.98. The van der Waals surface area contributed by atoms with E-state index < -0.39 is 5.97 Å². The minimum atomic E-state index is -0.921. The zero-order valence-corrected chi connectivity index (χ0v) is 10.3. The zero-order chi connectivity index (χ0) is 13.8. The Morgan fingerprint density at radius 3 is 2.47 bits per heavy atom. The molecule has 0 aromatic heterocycles. The normalized spacial score (nSPS) is 10.5. The van der Waals surface area contributed by atoms with E-state index in [4.69, 9.17) is 5.11 Å². The molecule has 4 heteroatoms. The van der Waals surface area contributed by atoms with Gasteiger partial charge in [0.25, 0.3) is 0 Å². The Balaban J connectivity index is 2.30. The van der Waals surface area contributed by atoms with Crippen LogP contribution in [0, 0.1) is 0 Å². The number of phenols is 1. The first-order chi connectivity index (χ1) is 9.09. The molecule has 98 valence electrons. The van der Waals surface area contributed by atoms with Gasteiger partial charge >= 0.3 is 5.97 Å². The summed E-state index contributed by atoms with van der Waals surface area (Å²) in [5.74, 6) is -1.20. The summed E-state index contributed by atoms with van der Waals surface area (Å²) in [6.45, 7) is 0. The summed E-state index contributed by atoms with van der Waals surface area (Å²) < 4.78 is 0. The van der Waals surface area contributed by atoms with Gasteiger partial charge in [0, 0.05) is 12.8 Å². The summed E-state index contributed by atoms with van der Waals surface area (Å²) in [4.78, 5) is 22.5. The summed E-state index contributed by atoms with van der Waals surface area (Å²) in [6, 6.07) is 10.5. The van der Waals surface area contributed by atoms with Gasteiger partial charge in [0.15, 0.2) is 5.78 Å². The Labute approximate surface area is 110 Å². The van der Waals surface area contributed by atoms with Crippen LogP contribution in [0.4, 0.5) is 0 Å². The smallest absolute Gasteiger partial charge is 0.303 e. The highest BCUT2D eigenvalue weighted by atomic mass is 16.4. The lowest BCUT2D eigenvalue weighted by atomic mass is 9.97. The molecule has 0 heterocycles. The largest absolute Gasteiger partial charge is 0.507 e. The van der Waals surface area contributed by atoms with Gasteiger partial charge < -0.3 is 10.2 Å². The molecule has 19 heavy (non-hydrogen) atoms. The lowest BCUT2D eigenvalue weighted by Crippen LogP contribution is -2.03. The van der Waals surface area contributed by atoms with Gasteiger partial charge in [-0.05, 0) is 23.3 Å². The van der Waals surface area contributed by atoms with Crippen LogP contribution in [0.15, 0.2) is 36.4 Å².